The van der Waals surface area contributed by atoms with Crippen LogP contribution in [-0.2, 0) is 31.4 Å². The van der Waals surface area contributed by atoms with E-state index in [4.69, 9.17) is 5.73 Å². The molecular formula is C33H53ClF6N6O6S2. The van der Waals surface area contributed by atoms with Crippen LogP contribution in [-0.4, -0.2) is 65.6 Å². The molecule has 7 N–H and O–H groups in total. The van der Waals surface area contributed by atoms with E-state index in [1.807, 2.05) is 0 Å². The van der Waals surface area contributed by atoms with Crippen molar-refractivity contribution in [2.45, 2.75) is 110 Å². The van der Waals surface area contributed by atoms with Gasteiger partial charge in [-0.05, 0) is 99.9 Å². The van der Waals surface area contributed by atoms with E-state index in [1.165, 1.54) is 24.3 Å². The van der Waals surface area contributed by atoms with Crippen molar-refractivity contribution in [3.05, 3.63) is 59.7 Å². The molecule has 4 amide bonds. The molecule has 0 atom stereocenters. The Balaban J connectivity index is 0. The first kappa shape index (κ1) is 52.8. The van der Waals surface area contributed by atoms with Crippen LogP contribution in [0.15, 0.2) is 48.5 Å². The summed E-state index contributed by atoms with van der Waals surface area (Å²) in [4.78, 5) is 23.7. The molecule has 0 bridgehead atoms. The lowest BCUT2D eigenvalue weighted by Gasteiger charge is -2.29. The summed E-state index contributed by atoms with van der Waals surface area (Å²) in [7, 11) is -1.94. The van der Waals surface area contributed by atoms with Crippen molar-refractivity contribution in [1.82, 2.24) is 15.4 Å². The summed E-state index contributed by atoms with van der Waals surface area (Å²) >= 11 is 0. The number of carbonyl (C=O) groups excluding carboxylic acids is 2. The third-order valence-electron chi connectivity index (χ3n) is 7.49. The first-order valence-electron chi connectivity index (χ1n) is 15.5. The van der Waals surface area contributed by atoms with Gasteiger partial charge < -0.3 is 27.0 Å². The van der Waals surface area contributed by atoms with Crippen LogP contribution in [0, 0.1) is 0 Å². The number of carbonyl (C=O) groups is 2. The molecule has 21 heteroatoms. The Morgan fingerprint density at radius 1 is 0.611 bits per heavy atom. The summed E-state index contributed by atoms with van der Waals surface area (Å²) in [6.07, 6.45) is -0.929. The topological polar surface area (TPSA) is 189 Å². The standard InChI is InChI=1S/C15H20F3N3O3S.C14H18F3N3O.CH3ClO2S.3CH4/c1-25(23,24)21-13-8-6-12(7-9-13)20-14(22)19-11-4-2-10(3-5-11)15(16,17)18;15-14(16,17)9-1-5-11(6-2-9)19-13(21)20-12-7-3-10(18)4-8-12;1-5(2,3)4;;;/h2-5,12-13,21H,6-9H2,1H3,(H2,19,20,22);1-2,5-6,10,12H,3-4,7-8,18H2,(H2,19,20,21);1H3;3*1H4. The van der Waals surface area contributed by atoms with Gasteiger partial charge in [0.15, 0.2) is 0 Å². The lowest BCUT2D eigenvalue weighted by Crippen LogP contribution is -2.44. The first-order chi connectivity index (χ1) is 23.4. The van der Waals surface area contributed by atoms with Gasteiger partial charge in [0.1, 0.15) is 0 Å². The molecule has 0 radical (unpaired) electrons. The molecule has 12 nitrogen and oxygen atoms in total. The summed E-state index contributed by atoms with van der Waals surface area (Å²) in [6.45, 7) is 0. The van der Waals surface area contributed by atoms with Gasteiger partial charge in [-0.3, -0.25) is 0 Å². The van der Waals surface area contributed by atoms with Crippen molar-refractivity contribution < 1.29 is 52.8 Å². The molecule has 0 heterocycles. The fraction of sp³-hybridized carbons (Fsp3) is 0.576. The van der Waals surface area contributed by atoms with Crippen LogP contribution in [0.5, 0.6) is 0 Å². The van der Waals surface area contributed by atoms with Gasteiger partial charge in [0.05, 0.1) is 23.6 Å². The summed E-state index contributed by atoms with van der Waals surface area (Å²) in [5, 5.41) is 10.6. The van der Waals surface area contributed by atoms with E-state index >= 15 is 0 Å². The smallest absolute Gasteiger partial charge is 0.335 e. The van der Waals surface area contributed by atoms with Gasteiger partial charge in [-0.2, -0.15) is 26.3 Å². The Hall–Kier alpha value is -3.33. The molecule has 4 rings (SSSR count). The molecule has 2 aromatic rings. The van der Waals surface area contributed by atoms with Crippen molar-refractivity contribution in [3.63, 3.8) is 0 Å². The maximum atomic E-state index is 12.5. The number of amides is 4. The van der Waals surface area contributed by atoms with Crippen LogP contribution in [0.3, 0.4) is 0 Å². The van der Waals surface area contributed by atoms with Gasteiger partial charge in [0.25, 0.3) is 0 Å². The van der Waals surface area contributed by atoms with E-state index < -0.39 is 54.6 Å². The molecule has 2 aromatic carbocycles. The maximum absolute atomic E-state index is 12.5. The van der Waals surface area contributed by atoms with Gasteiger partial charge in [-0.15, -0.1) is 0 Å². The zero-order valence-electron chi connectivity index (χ0n) is 27.6. The van der Waals surface area contributed by atoms with E-state index in [9.17, 15) is 52.8 Å². The van der Waals surface area contributed by atoms with Crippen LogP contribution in [0.1, 0.15) is 84.8 Å². The Morgan fingerprint density at radius 2 is 0.889 bits per heavy atom. The largest absolute Gasteiger partial charge is 0.416 e. The average Bonchev–Trinajstić information content (AvgIpc) is 2.98. The van der Waals surface area contributed by atoms with Gasteiger partial charge in [0.2, 0.25) is 19.1 Å². The van der Waals surface area contributed by atoms with E-state index in [2.05, 4.69) is 36.7 Å². The number of urea groups is 2. The highest BCUT2D eigenvalue weighted by Gasteiger charge is 2.31. The van der Waals surface area contributed by atoms with Gasteiger partial charge in [-0.1, -0.05) is 22.3 Å². The van der Waals surface area contributed by atoms with Crippen LogP contribution >= 0.6 is 10.7 Å². The Morgan fingerprint density at radius 3 is 1.17 bits per heavy atom. The van der Waals surface area contributed by atoms with Crippen molar-refractivity contribution >= 4 is 53.2 Å². The van der Waals surface area contributed by atoms with E-state index in [-0.39, 0.29) is 52.1 Å². The lowest BCUT2D eigenvalue weighted by atomic mass is 9.92. The third kappa shape index (κ3) is 22.8. The number of sulfonamides is 1. The second-order valence-corrected chi connectivity index (χ2v) is 16.9. The van der Waals surface area contributed by atoms with Crippen molar-refractivity contribution in [2.75, 3.05) is 23.1 Å². The Bertz CT molecular complexity index is 1630. The van der Waals surface area contributed by atoms with Gasteiger partial charge in [0, 0.05) is 46.2 Å². The Labute approximate surface area is 319 Å². The van der Waals surface area contributed by atoms with E-state index in [0.717, 1.165) is 62.5 Å². The first-order valence-corrected chi connectivity index (χ1v) is 20.1. The number of alkyl halides is 6. The number of rotatable bonds is 6. The van der Waals surface area contributed by atoms with Crippen LogP contribution in [0.4, 0.5) is 47.3 Å². The lowest BCUT2D eigenvalue weighted by molar-refractivity contribution is -0.138. The molecule has 2 aliphatic rings. The van der Waals surface area contributed by atoms with E-state index in [1.54, 1.807) is 0 Å². The minimum absolute atomic E-state index is 0. The molecule has 54 heavy (non-hydrogen) atoms. The highest BCUT2D eigenvalue weighted by molar-refractivity contribution is 8.13. The molecular weight excluding hydrogens is 790 g/mol. The predicted molar refractivity (Wildman–Crippen MR) is 202 cm³/mol. The molecule has 0 unspecified atom stereocenters. The monoisotopic (exact) mass is 842 g/mol. The summed E-state index contributed by atoms with van der Waals surface area (Å²) in [6, 6.07) is 7.65. The van der Waals surface area contributed by atoms with Crippen LogP contribution in [0.25, 0.3) is 0 Å². The predicted octanol–water partition coefficient (Wildman–Crippen LogP) is 7.88. The number of nitrogens with one attached hydrogen (secondary N) is 5. The fourth-order valence-corrected chi connectivity index (χ4v) is 5.95. The molecule has 312 valence electrons. The molecule has 0 aliphatic heterocycles. The molecule has 2 saturated carbocycles. The van der Waals surface area contributed by atoms with Crippen molar-refractivity contribution in [3.8, 4) is 0 Å². The zero-order valence-corrected chi connectivity index (χ0v) is 30.0. The number of benzene rings is 2. The van der Waals surface area contributed by atoms with Crippen LogP contribution < -0.4 is 31.7 Å². The highest BCUT2D eigenvalue weighted by Crippen LogP contribution is 2.31. The molecule has 0 aromatic heterocycles. The Kier molecular flexibility index (Phi) is 22.4. The quantitative estimate of drug-likeness (QED) is 0.126. The SMILES string of the molecule is C.C.C.CS(=O)(=O)Cl.CS(=O)(=O)NC1CCC(NC(=O)Nc2ccc(C(F)(F)F)cc2)CC1.NC1CCC(NC(=O)Nc2ccc(C(F)(F)F)cc2)CC1. The molecule has 2 aliphatic carbocycles. The average molecular weight is 843 g/mol. The van der Waals surface area contributed by atoms with E-state index in [0.29, 0.717) is 31.4 Å². The number of halogens is 7. The summed E-state index contributed by atoms with van der Waals surface area (Å²) < 4.78 is 118. The third-order valence-corrected chi connectivity index (χ3v) is 8.25. The minimum Gasteiger partial charge on any atom is -0.335 e. The highest BCUT2D eigenvalue weighted by atomic mass is 35.7. The van der Waals surface area contributed by atoms with Gasteiger partial charge in [-0.25, -0.2) is 31.1 Å². The van der Waals surface area contributed by atoms with Crippen molar-refractivity contribution in [2.24, 2.45) is 5.73 Å². The number of anilines is 2. The molecule has 0 spiro atoms. The van der Waals surface area contributed by atoms with Crippen LogP contribution in [0.2, 0.25) is 0 Å². The van der Waals surface area contributed by atoms with Crippen molar-refractivity contribution in [1.29, 1.82) is 0 Å². The maximum Gasteiger partial charge on any atom is 0.416 e. The second kappa shape index (κ2) is 22.9. The number of hydrogen-bond donors (Lipinski definition) is 6. The van der Waals surface area contributed by atoms with Gasteiger partial charge >= 0.3 is 24.4 Å². The fourth-order valence-electron chi connectivity index (χ4n) is 5.11. The number of hydrogen-bond acceptors (Lipinski definition) is 7. The summed E-state index contributed by atoms with van der Waals surface area (Å²) in [5.41, 5.74) is 4.85. The normalized spacial score (nSPS) is 19.9. The molecule has 0 saturated heterocycles. The summed E-state index contributed by atoms with van der Waals surface area (Å²) in [5.74, 6) is 0. The zero-order chi connectivity index (χ0) is 38.6. The second-order valence-electron chi connectivity index (χ2n) is 12.1. The number of nitrogens with two attached hydrogens (primary N) is 1. The molecule has 2 fully saturated rings. The minimum atomic E-state index is -4.42.